The molecule has 2 aliphatic heterocycles. The van der Waals surface area contributed by atoms with E-state index in [1.54, 1.807) is 34.8 Å². The molecule has 1 N–H and O–H groups in total. The fourth-order valence-corrected chi connectivity index (χ4v) is 4.94. The van der Waals surface area contributed by atoms with Crippen LogP contribution in [0.4, 0.5) is 31.9 Å². The standard InChI is InChI=1S/C26H26FN9O8/c1-16-13-33(30-29-16)14-21-15-34(26(39)44-21)18-2-3-23(22(27)11-18)31-4-6-32(7-5-31)24(37)12-28-25(38)17-8-19(35(40)41)10-20(9-17)36(42)43/h2-3,8-11,13,21H,4-7,12,14-15H2,1H3,(H,28,38). The van der Waals surface area contributed by atoms with Crippen LogP contribution >= 0.6 is 0 Å². The van der Waals surface area contributed by atoms with Gasteiger partial charge in [0.2, 0.25) is 5.91 Å². The van der Waals surface area contributed by atoms with Crippen LogP contribution in [0.3, 0.4) is 0 Å². The Morgan fingerprint density at radius 3 is 2.34 bits per heavy atom. The third-order valence-corrected chi connectivity index (χ3v) is 7.12. The number of benzene rings is 2. The van der Waals surface area contributed by atoms with Gasteiger partial charge in [-0.2, -0.15) is 0 Å². The number of nitro benzene ring substituents is 2. The van der Waals surface area contributed by atoms with Crippen LogP contribution in [0.25, 0.3) is 0 Å². The molecular weight excluding hydrogens is 585 g/mol. The first-order valence-corrected chi connectivity index (χ1v) is 13.4. The van der Waals surface area contributed by atoms with Gasteiger partial charge in [-0.3, -0.25) is 34.7 Å². The molecule has 0 radical (unpaired) electrons. The highest BCUT2D eigenvalue weighted by Gasteiger charge is 2.34. The Hall–Kier alpha value is -5.68. The molecule has 2 aromatic carbocycles. The molecule has 1 unspecified atom stereocenters. The Labute approximate surface area is 248 Å². The predicted octanol–water partition coefficient (Wildman–Crippen LogP) is 1.65. The number of hydrogen-bond acceptors (Lipinski definition) is 11. The largest absolute Gasteiger partial charge is 0.442 e. The molecule has 18 heteroatoms. The van der Waals surface area contributed by atoms with E-state index in [0.717, 1.165) is 23.9 Å². The molecule has 1 atom stereocenters. The molecule has 5 rings (SSSR count). The summed E-state index contributed by atoms with van der Waals surface area (Å²) < 4.78 is 22.2. The zero-order valence-electron chi connectivity index (χ0n) is 23.3. The van der Waals surface area contributed by atoms with Crippen molar-refractivity contribution in [1.29, 1.82) is 0 Å². The van der Waals surface area contributed by atoms with Crippen LogP contribution in [0, 0.1) is 33.0 Å². The van der Waals surface area contributed by atoms with Crippen LogP contribution < -0.4 is 15.1 Å². The summed E-state index contributed by atoms with van der Waals surface area (Å²) in [5.74, 6) is -1.88. The van der Waals surface area contributed by atoms with Crippen molar-refractivity contribution in [1.82, 2.24) is 25.2 Å². The SMILES string of the molecule is Cc1cn(CC2CN(c3ccc(N4CCN(C(=O)CNC(=O)c5cc([N+](=O)[O-])cc([N+](=O)[O-])c5)CC4)c(F)c3)C(=O)O2)nn1. The van der Waals surface area contributed by atoms with Gasteiger partial charge < -0.3 is 19.9 Å². The summed E-state index contributed by atoms with van der Waals surface area (Å²) in [5, 5.41) is 32.3. The molecule has 2 saturated heterocycles. The summed E-state index contributed by atoms with van der Waals surface area (Å²) >= 11 is 0. The minimum Gasteiger partial charge on any atom is -0.442 e. The van der Waals surface area contributed by atoms with E-state index in [-0.39, 0.29) is 38.3 Å². The van der Waals surface area contributed by atoms with E-state index >= 15 is 4.39 Å². The van der Waals surface area contributed by atoms with Crippen LogP contribution in [0.1, 0.15) is 16.1 Å². The first-order valence-electron chi connectivity index (χ1n) is 13.4. The fraction of sp³-hybridized carbons (Fsp3) is 0.346. The number of anilines is 2. The van der Waals surface area contributed by atoms with Crippen LogP contribution in [0.15, 0.2) is 42.6 Å². The van der Waals surface area contributed by atoms with Crippen molar-refractivity contribution in [2.75, 3.05) is 49.1 Å². The summed E-state index contributed by atoms with van der Waals surface area (Å²) in [6.45, 7) is 2.90. The third-order valence-electron chi connectivity index (χ3n) is 7.12. The van der Waals surface area contributed by atoms with E-state index in [9.17, 15) is 34.6 Å². The van der Waals surface area contributed by atoms with Crippen molar-refractivity contribution in [2.24, 2.45) is 0 Å². The smallest absolute Gasteiger partial charge is 0.414 e. The normalized spacial score (nSPS) is 16.5. The second kappa shape index (κ2) is 12.3. The van der Waals surface area contributed by atoms with Crippen molar-refractivity contribution in [3.8, 4) is 0 Å². The Balaban J connectivity index is 1.13. The van der Waals surface area contributed by atoms with Gasteiger partial charge in [0.25, 0.3) is 17.3 Å². The van der Waals surface area contributed by atoms with Crippen molar-refractivity contribution >= 4 is 40.7 Å². The molecule has 2 aliphatic rings. The maximum absolute atomic E-state index is 15.2. The number of carbonyl (C=O) groups is 3. The molecule has 0 bridgehead atoms. The molecule has 44 heavy (non-hydrogen) atoms. The number of amides is 3. The number of nitrogens with zero attached hydrogens (tertiary/aromatic N) is 8. The van der Waals surface area contributed by atoms with E-state index in [1.165, 1.54) is 15.9 Å². The second-order valence-electron chi connectivity index (χ2n) is 10.1. The lowest BCUT2D eigenvalue weighted by atomic mass is 10.1. The lowest BCUT2D eigenvalue weighted by molar-refractivity contribution is -0.394. The number of hydrogen-bond donors (Lipinski definition) is 1. The van der Waals surface area contributed by atoms with Crippen molar-refractivity contribution in [2.45, 2.75) is 19.6 Å². The molecule has 0 spiro atoms. The molecule has 0 aliphatic carbocycles. The van der Waals surface area contributed by atoms with E-state index in [0.29, 0.717) is 17.9 Å². The number of halogens is 1. The molecule has 3 aromatic rings. The highest BCUT2D eigenvalue weighted by atomic mass is 19.1. The lowest BCUT2D eigenvalue weighted by Gasteiger charge is -2.36. The summed E-state index contributed by atoms with van der Waals surface area (Å²) in [5.41, 5.74) is -0.222. The van der Waals surface area contributed by atoms with Gasteiger partial charge in [-0.05, 0) is 25.1 Å². The zero-order valence-corrected chi connectivity index (χ0v) is 23.3. The second-order valence-corrected chi connectivity index (χ2v) is 10.1. The van der Waals surface area contributed by atoms with Crippen LogP contribution in [-0.2, 0) is 16.1 Å². The molecule has 2 fully saturated rings. The van der Waals surface area contributed by atoms with Crippen LogP contribution in [0.5, 0.6) is 0 Å². The minimum absolute atomic E-state index is 0.214. The average molecular weight is 612 g/mol. The number of nitrogens with one attached hydrogen (secondary N) is 1. The lowest BCUT2D eigenvalue weighted by Crippen LogP contribution is -2.51. The number of rotatable bonds is 9. The molecule has 0 saturated carbocycles. The van der Waals surface area contributed by atoms with Gasteiger partial charge in [-0.15, -0.1) is 5.10 Å². The maximum atomic E-state index is 15.2. The van der Waals surface area contributed by atoms with Crippen molar-refractivity contribution < 1.29 is 33.4 Å². The molecule has 3 heterocycles. The third kappa shape index (κ3) is 6.53. The first-order chi connectivity index (χ1) is 21.0. The van der Waals surface area contributed by atoms with Gasteiger partial charge in [0, 0.05) is 44.5 Å². The topological polar surface area (TPSA) is 199 Å². The average Bonchev–Trinajstić information content (AvgIpc) is 3.59. The number of cyclic esters (lactones) is 1. The van der Waals surface area contributed by atoms with Crippen LogP contribution in [0.2, 0.25) is 0 Å². The summed E-state index contributed by atoms with van der Waals surface area (Å²) in [7, 11) is 0. The quantitative estimate of drug-likeness (QED) is 0.272. The predicted molar refractivity (Wildman–Crippen MR) is 150 cm³/mol. The molecule has 1 aromatic heterocycles. The number of nitro groups is 2. The fourth-order valence-electron chi connectivity index (χ4n) is 4.94. The summed E-state index contributed by atoms with van der Waals surface area (Å²) in [6, 6.07) is 6.93. The maximum Gasteiger partial charge on any atom is 0.414 e. The number of non-ortho nitro benzene ring substituents is 2. The Kier molecular flexibility index (Phi) is 8.32. The Morgan fingerprint density at radius 1 is 1.07 bits per heavy atom. The monoisotopic (exact) mass is 611 g/mol. The van der Waals surface area contributed by atoms with Gasteiger partial charge in [0.05, 0.1) is 58.2 Å². The minimum atomic E-state index is -0.882. The highest BCUT2D eigenvalue weighted by Crippen LogP contribution is 2.29. The number of aromatic nitrogens is 3. The zero-order chi connectivity index (χ0) is 31.5. The molecule has 3 amide bonds. The van der Waals surface area contributed by atoms with Gasteiger partial charge in [0.15, 0.2) is 0 Å². The number of carbonyl (C=O) groups excluding carboxylic acids is 3. The number of ether oxygens (including phenoxy) is 1. The van der Waals surface area contributed by atoms with Gasteiger partial charge in [0.1, 0.15) is 11.9 Å². The van der Waals surface area contributed by atoms with E-state index < -0.39 is 57.6 Å². The van der Waals surface area contributed by atoms with Gasteiger partial charge in [-0.25, -0.2) is 13.9 Å². The van der Waals surface area contributed by atoms with Crippen LogP contribution in [-0.4, -0.2) is 93.0 Å². The summed E-state index contributed by atoms with van der Waals surface area (Å²) in [6.07, 6.45) is 0.651. The van der Waals surface area contributed by atoms with Gasteiger partial charge >= 0.3 is 6.09 Å². The molecular formula is C26H26FN9O8. The van der Waals surface area contributed by atoms with E-state index in [4.69, 9.17) is 4.74 Å². The Morgan fingerprint density at radius 2 is 1.75 bits per heavy atom. The Bertz CT molecular complexity index is 1610. The van der Waals surface area contributed by atoms with E-state index in [2.05, 4.69) is 15.6 Å². The number of aryl methyl sites for hydroxylation is 1. The first kappa shape index (κ1) is 29.8. The summed E-state index contributed by atoms with van der Waals surface area (Å²) in [4.78, 5) is 62.6. The molecule has 230 valence electrons. The van der Waals surface area contributed by atoms with E-state index in [1.807, 2.05) is 0 Å². The molecule has 17 nitrogen and oxygen atoms in total. The van der Waals surface area contributed by atoms with Gasteiger partial charge in [-0.1, -0.05) is 5.21 Å². The number of piperazine rings is 1. The van der Waals surface area contributed by atoms with Crippen molar-refractivity contribution in [3.63, 3.8) is 0 Å². The van der Waals surface area contributed by atoms with Crippen molar-refractivity contribution in [3.05, 3.63) is 79.9 Å². The highest BCUT2D eigenvalue weighted by molar-refractivity contribution is 5.97.